The molecule has 0 bridgehead atoms. The highest BCUT2D eigenvalue weighted by Crippen LogP contribution is 2.28. The Kier molecular flexibility index (Phi) is 5.02. The van der Waals surface area contributed by atoms with E-state index in [9.17, 15) is 13.2 Å². The normalized spacial score (nSPS) is 19.9. The van der Waals surface area contributed by atoms with Gasteiger partial charge in [-0.15, -0.1) is 0 Å². The van der Waals surface area contributed by atoms with Crippen molar-refractivity contribution in [1.29, 1.82) is 0 Å². The first kappa shape index (κ1) is 17.1. The Morgan fingerprint density at radius 2 is 2.14 bits per heavy atom. The molecular weight excluding hydrogens is 326 g/mol. The van der Waals surface area contributed by atoms with Crippen LogP contribution in [-0.2, 0) is 21.1 Å². The molecule has 1 aromatic rings. The lowest BCUT2D eigenvalue weighted by Gasteiger charge is -2.24. The number of amides is 1. The van der Waals surface area contributed by atoms with Crippen molar-refractivity contribution < 1.29 is 17.9 Å². The minimum absolute atomic E-state index is 0.0426. The number of aryl methyl sites for hydroxylation is 1. The smallest absolute Gasteiger partial charge is 0.227 e. The van der Waals surface area contributed by atoms with Gasteiger partial charge in [-0.1, -0.05) is 11.6 Å². The molecule has 1 aliphatic rings. The summed E-state index contributed by atoms with van der Waals surface area (Å²) in [6, 6.07) is 3.25. The van der Waals surface area contributed by atoms with Gasteiger partial charge in [-0.25, -0.2) is 8.42 Å². The minimum atomic E-state index is -3.01. The zero-order valence-electron chi connectivity index (χ0n) is 12.9. The SMILES string of the molecule is COc1c(C)cc(Cl)cc1CC(=O)N(C)C1CCS(=O)(=O)C1. The number of rotatable bonds is 4. The predicted octanol–water partition coefficient (Wildman–Crippen LogP) is 1.85. The highest BCUT2D eigenvalue weighted by molar-refractivity contribution is 7.91. The van der Waals surface area contributed by atoms with Gasteiger partial charge in [0, 0.05) is 23.7 Å². The van der Waals surface area contributed by atoms with E-state index in [2.05, 4.69) is 0 Å². The lowest BCUT2D eigenvalue weighted by atomic mass is 10.1. The van der Waals surface area contributed by atoms with Gasteiger partial charge >= 0.3 is 0 Å². The van der Waals surface area contributed by atoms with Gasteiger partial charge in [0.25, 0.3) is 0 Å². The Labute approximate surface area is 136 Å². The quantitative estimate of drug-likeness (QED) is 0.835. The van der Waals surface area contributed by atoms with Crippen molar-refractivity contribution in [3.63, 3.8) is 0 Å². The Bertz CT molecular complexity index is 687. The van der Waals surface area contributed by atoms with Crippen LogP contribution < -0.4 is 4.74 Å². The number of carbonyl (C=O) groups is 1. The van der Waals surface area contributed by atoms with Gasteiger partial charge in [0.2, 0.25) is 5.91 Å². The number of carbonyl (C=O) groups excluding carboxylic acids is 1. The Morgan fingerprint density at radius 3 is 2.68 bits per heavy atom. The number of halogens is 1. The van der Waals surface area contributed by atoms with Crippen LogP contribution in [0.15, 0.2) is 12.1 Å². The number of nitrogens with zero attached hydrogens (tertiary/aromatic N) is 1. The third-order valence-electron chi connectivity index (χ3n) is 4.01. The van der Waals surface area contributed by atoms with E-state index in [1.807, 2.05) is 6.92 Å². The maximum Gasteiger partial charge on any atom is 0.227 e. The van der Waals surface area contributed by atoms with Crippen molar-refractivity contribution >= 4 is 27.3 Å². The Hall–Kier alpha value is -1.27. The summed E-state index contributed by atoms with van der Waals surface area (Å²) in [5.41, 5.74) is 1.58. The maximum atomic E-state index is 12.4. The maximum absolute atomic E-state index is 12.4. The summed E-state index contributed by atoms with van der Waals surface area (Å²) >= 11 is 6.05. The van der Waals surface area contributed by atoms with Crippen LogP contribution in [0.5, 0.6) is 5.75 Å². The van der Waals surface area contributed by atoms with Gasteiger partial charge in [0.15, 0.2) is 9.84 Å². The molecule has 0 radical (unpaired) electrons. The molecule has 1 heterocycles. The first-order valence-electron chi connectivity index (χ1n) is 7.02. The van der Waals surface area contributed by atoms with Gasteiger partial charge < -0.3 is 9.64 Å². The highest BCUT2D eigenvalue weighted by atomic mass is 35.5. The second-order valence-electron chi connectivity index (χ2n) is 5.65. The molecule has 1 atom stereocenters. The van der Waals surface area contributed by atoms with Gasteiger partial charge in [0.1, 0.15) is 5.75 Å². The zero-order valence-corrected chi connectivity index (χ0v) is 14.5. The van der Waals surface area contributed by atoms with Gasteiger partial charge in [-0.3, -0.25) is 4.79 Å². The monoisotopic (exact) mass is 345 g/mol. The summed E-state index contributed by atoms with van der Waals surface area (Å²) in [6.07, 6.45) is 0.633. The summed E-state index contributed by atoms with van der Waals surface area (Å²) in [4.78, 5) is 14.0. The summed E-state index contributed by atoms with van der Waals surface area (Å²) in [7, 11) is 0.191. The van der Waals surface area contributed by atoms with E-state index in [-0.39, 0.29) is 29.9 Å². The van der Waals surface area contributed by atoms with Crippen molar-refractivity contribution in [2.75, 3.05) is 25.7 Å². The number of hydrogen-bond donors (Lipinski definition) is 0. The van der Waals surface area contributed by atoms with Gasteiger partial charge in [-0.05, 0) is 31.0 Å². The second kappa shape index (κ2) is 6.46. The van der Waals surface area contributed by atoms with Crippen molar-refractivity contribution in [2.24, 2.45) is 0 Å². The average molecular weight is 346 g/mol. The molecule has 1 aromatic carbocycles. The molecule has 1 amide bonds. The molecule has 5 nitrogen and oxygen atoms in total. The van der Waals surface area contributed by atoms with E-state index < -0.39 is 9.84 Å². The van der Waals surface area contributed by atoms with Crippen molar-refractivity contribution in [2.45, 2.75) is 25.8 Å². The van der Waals surface area contributed by atoms with Crippen LogP contribution in [0.2, 0.25) is 5.02 Å². The fraction of sp³-hybridized carbons (Fsp3) is 0.533. The van der Waals surface area contributed by atoms with Crippen LogP contribution in [0.4, 0.5) is 0 Å². The van der Waals surface area contributed by atoms with Crippen LogP contribution in [0.25, 0.3) is 0 Å². The van der Waals surface area contributed by atoms with Crippen LogP contribution in [0.3, 0.4) is 0 Å². The summed E-state index contributed by atoms with van der Waals surface area (Å²) in [5, 5.41) is 0.548. The molecule has 0 aliphatic carbocycles. The molecule has 0 spiro atoms. The number of ether oxygens (including phenoxy) is 1. The van der Waals surface area contributed by atoms with Gasteiger partial charge in [0.05, 0.1) is 25.0 Å². The average Bonchev–Trinajstić information content (AvgIpc) is 2.77. The van der Waals surface area contributed by atoms with E-state index in [1.165, 1.54) is 4.90 Å². The minimum Gasteiger partial charge on any atom is -0.496 e. The topological polar surface area (TPSA) is 63.7 Å². The third-order valence-corrected chi connectivity index (χ3v) is 5.98. The van der Waals surface area contributed by atoms with Crippen LogP contribution in [-0.4, -0.2) is 50.9 Å². The standard InChI is InChI=1S/C15H20ClNO4S/c1-10-6-12(16)7-11(15(10)21-3)8-14(18)17(2)13-4-5-22(19,20)9-13/h6-7,13H,4-5,8-9H2,1-3H3. The van der Waals surface area contributed by atoms with E-state index in [1.54, 1.807) is 26.3 Å². The van der Waals surface area contributed by atoms with Crippen molar-refractivity contribution in [1.82, 2.24) is 4.90 Å². The number of hydrogen-bond acceptors (Lipinski definition) is 4. The Balaban J connectivity index is 2.15. The van der Waals surface area contributed by atoms with Crippen LogP contribution in [0, 0.1) is 6.92 Å². The molecular formula is C15H20ClNO4S. The summed E-state index contributed by atoms with van der Waals surface area (Å²) < 4.78 is 28.4. The van der Waals surface area contributed by atoms with Gasteiger partial charge in [-0.2, -0.15) is 0 Å². The summed E-state index contributed by atoms with van der Waals surface area (Å²) in [6.45, 7) is 1.87. The number of benzene rings is 1. The largest absolute Gasteiger partial charge is 0.496 e. The Morgan fingerprint density at radius 1 is 1.45 bits per heavy atom. The van der Waals surface area contributed by atoms with Crippen molar-refractivity contribution in [3.05, 3.63) is 28.3 Å². The number of likely N-dealkylation sites (N-methyl/N-ethyl adjacent to an activating group) is 1. The van der Waals surface area contributed by atoms with E-state index in [0.717, 1.165) is 5.56 Å². The fourth-order valence-corrected chi connectivity index (χ4v) is 4.86. The molecule has 7 heteroatoms. The lowest BCUT2D eigenvalue weighted by molar-refractivity contribution is -0.130. The van der Waals surface area contributed by atoms with Crippen molar-refractivity contribution in [3.8, 4) is 5.75 Å². The molecule has 22 heavy (non-hydrogen) atoms. The first-order chi connectivity index (χ1) is 10.2. The lowest BCUT2D eigenvalue weighted by Crippen LogP contribution is -2.38. The molecule has 0 aromatic heterocycles. The molecule has 1 unspecified atom stereocenters. The van der Waals surface area contributed by atoms with Crippen LogP contribution in [0.1, 0.15) is 17.5 Å². The molecule has 122 valence electrons. The number of sulfone groups is 1. The molecule has 0 saturated carbocycles. The molecule has 1 aliphatic heterocycles. The third kappa shape index (κ3) is 3.73. The van der Waals surface area contributed by atoms with E-state index in [0.29, 0.717) is 22.8 Å². The molecule has 1 saturated heterocycles. The zero-order chi connectivity index (χ0) is 16.5. The summed E-state index contributed by atoms with van der Waals surface area (Å²) in [5.74, 6) is 0.697. The molecule has 0 N–H and O–H groups in total. The highest BCUT2D eigenvalue weighted by Gasteiger charge is 2.32. The number of methoxy groups -OCH3 is 1. The fourth-order valence-electron chi connectivity index (χ4n) is 2.79. The van der Waals surface area contributed by atoms with Crippen LogP contribution >= 0.6 is 11.6 Å². The van der Waals surface area contributed by atoms with E-state index in [4.69, 9.17) is 16.3 Å². The predicted molar refractivity (Wildman–Crippen MR) is 86.3 cm³/mol. The second-order valence-corrected chi connectivity index (χ2v) is 8.32. The molecule has 1 fully saturated rings. The first-order valence-corrected chi connectivity index (χ1v) is 9.22. The molecule has 2 rings (SSSR count). The van der Waals surface area contributed by atoms with E-state index >= 15 is 0 Å².